The third kappa shape index (κ3) is 4.16. The lowest BCUT2D eigenvalue weighted by molar-refractivity contribution is -0.00000546. The van der Waals surface area contributed by atoms with Crippen molar-refractivity contribution >= 4 is 0 Å². The van der Waals surface area contributed by atoms with E-state index in [-0.39, 0.29) is 18.2 Å². The largest absolute Gasteiger partial charge is 1.00 e. The van der Waals surface area contributed by atoms with Crippen LogP contribution in [0.5, 0.6) is 0 Å². The lowest BCUT2D eigenvalue weighted by atomic mass is 10.2. The quantitative estimate of drug-likeness (QED) is 0.755. The van der Waals surface area contributed by atoms with Gasteiger partial charge in [0, 0.05) is 24.5 Å². The molecule has 0 saturated heterocycles. The van der Waals surface area contributed by atoms with Crippen LogP contribution in [0.1, 0.15) is 11.3 Å². The second-order valence-electron chi connectivity index (χ2n) is 4.74. The molecule has 0 unspecified atom stereocenters. The van der Waals surface area contributed by atoms with Crippen LogP contribution in [0, 0.1) is 5.82 Å². The van der Waals surface area contributed by atoms with Crippen LogP contribution in [-0.2, 0) is 13.1 Å². The lowest BCUT2D eigenvalue weighted by Gasteiger charge is -2.02. The molecule has 2 heterocycles. The number of nitrogens with zero attached hydrogens (tertiary/aromatic N) is 1. The standard InChI is InChI=1S/C17H15FN2O.ClH/c18-15-5-3-14(4-6-15)17-8-7-16(21-17)12-20-11-13-2-1-9-19-10-13;/h1-10,20H,11-12H2;1H/p-1. The highest BCUT2D eigenvalue weighted by atomic mass is 35.5. The first-order valence-corrected chi connectivity index (χ1v) is 6.75. The molecule has 0 amide bonds. The Labute approximate surface area is 134 Å². The molecule has 114 valence electrons. The van der Waals surface area contributed by atoms with Gasteiger partial charge in [0.15, 0.2) is 0 Å². The van der Waals surface area contributed by atoms with E-state index in [1.165, 1.54) is 12.1 Å². The Morgan fingerprint density at radius 3 is 2.55 bits per heavy atom. The van der Waals surface area contributed by atoms with Crippen LogP contribution in [0.3, 0.4) is 0 Å². The summed E-state index contributed by atoms with van der Waals surface area (Å²) in [5.74, 6) is 1.34. The fourth-order valence-corrected chi connectivity index (χ4v) is 2.07. The molecule has 1 aromatic carbocycles. The summed E-state index contributed by atoms with van der Waals surface area (Å²) in [4.78, 5) is 4.07. The number of benzene rings is 1. The Kier molecular flexibility index (Phi) is 5.69. The molecule has 0 aliphatic carbocycles. The van der Waals surface area contributed by atoms with Gasteiger partial charge < -0.3 is 22.1 Å². The van der Waals surface area contributed by atoms with E-state index in [1.807, 2.05) is 30.5 Å². The van der Waals surface area contributed by atoms with Crippen LogP contribution in [0.2, 0.25) is 0 Å². The summed E-state index contributed by atoms with van der Waals surface area (Å²) < 4.78 is 18.6. The summed E-state index contributed by atoms with van der Waals surface area (Å²) in [7, 11) is 0. The number of hydrogen-bond donors (Lipinski definition) is 1. The molecule has 0 saturated carbocycles. The van der Waals surface area contributed by atoms with Gasteiger partial charge in [0.2, 0.25) is 0 Å². The molecule has 0 fully saturated rings. The van der Waals surface area contributed by atoms with Gasteiger partial charge in [-0.05, 0) is 48.0 Å². The fraction of sp³-hybridized carbons (Fsp3) is 0.118. The summed E-state index contributed by atoms with van der Waals surface area (Å²) in [6.07, 6.45) is 3.59. The van der Waals surface area contributed by atoms with Crippen LogP contribution in [0.25, 0.3) is 11.3 Å². The van der Waals surface area contributed by atoms with Gasteiger partial charge in [0.05, 0.1) is 6.54 Å². The monoisotopic (exact) mass is 317 g/mol. The molecule has 2 aromatic heterocycles. The molecular weight excluding hydrogens is 303 g/mol. The molecule has 0 spiro atoms. The number of furan rings is 1. The average Bonchev–Trinajstić information content (AvgIpc) is 2.98. The summed E-state index contributed by atoms with van der Waals surface area (Å²) in [5.41, 5.74) is 2.00. The highest BCUT2D eigenvalue weighted by molar-refractivity contribution is 5.57. The van der Waals surface area contributed by atoms with Crippen molar-refractivity contribution in [3.05, 3.63) is 78.1 Å². The van der Waals surface area contributed by atoms with Gasteiger partial charge in [-0.3, -0.25) is 4.98 Å². The first kappa shape index (κ1) is 16.2. The van der Waals surface area contributed by atoms with Crippen LogP contribution in [0.15, 0.2) is 65.3 Å². The molecule has 0 aliphatic heterocycles. The number of pyridine rings is 1. The van der Waals surface area contributed by atoms with Crippen molar-refractivity contribution in [2.75, 3.05) is 0 Å². The zero-order chi connectivity index (χ0) is 14.5. The number of halogens is 2. The zero-order valence-corrected chi connectivity index (χ0v) is 12.6. The Morgan fingerprint density at radius 2 is 1.82 bits per heavy atom. The van der Waals surface area contributed by atoms with Crippen molar-refractivity contribution in [1.82, 2.24) is 10.3 Å². The van der Waals surface area contributed by atoms with Crippen molar-refractivity contribution in [2.24, 2.45) is 0 Å². The van der Waals surface area contributed by atoms with Gasteiger partial charge in [-0.15, -0.1) is 0 Å². The topological polar surface area (TPSA) is 38.1 Å². The second-order valence-corrected chi connectivity index (χ2v) is 4.74. The molecule has 1 N–H and O–H groups in total. The van der Waals surface area contributed by atoms with Gasteiger partial charge >= 0.3 is 0 Å². The van der Waals surface area contributed by atoms with E-state index >= 15 is 0 Å². The summed E-state index contributed by atoms with van der Waals surface area (Å²) >= 11 is 0. The molecule has 0 atom stereocenters. The van der Waals surface area contributed by atoms with Gasteiger partial charge in [-0.1, -0.05) is 6.07 Å². The molecule has 0 radical (unpaired) electrons. The third-order valence-electron chi connectivity index (χ3n) is 3.14. The van der Waals surface area contributed by atoms with E-state index in [1.54, 1.807) is 18.3 Å². The molecule has 3 aromatic rings. The average molecular weight is 318 g/mol. The maximum absolute atomic E-state index is 12.9. The highest BCUT2D eigenvalue weighted by Crippen LogP contribution is 2.22. The third-order valence-corrected chi connectivity index (χ3v) is 3.14. The van der Waals surface area contributed by atoms with Gasteiger partial charge in [0.25, 0.3) is 0 Å². The smallest absolute Gasteiger partial charge is 0.134 e. The van der Waals surface area contributed by atoms with Crippen molar-refractivity contribution in [2.45, 2.75) is 13.1 Å². The number of aromatic nitrogens is 1. The number of hydrogen-bond acceptors (Lipinski definition) is 3. The second kappa shape index (κ2) is 7.73. The Morgan fingerprint density at radius 1 is 1.00 bits per heavy atom. The van der Waals surface area contributed by atoms with Crippen LogP contribution >= 0.6 is 0 Å². The number of nitrogens with one attached hydrogen (secondary N) is 1. The Hall–Kier alpha value is -2.17. The van der Waals surface area contributed by atoms with Gasteiger partial charge in [-0.25, -0.2) is 4.39 Å². The minimum absolute atomic E-state index is 0. The zero-order valence-electron chi connectivity index (χ0n) is 11.8. The first-order chi connectivity index (χ1) is 10.3. The van der Waals surface area contributed by atoms with Crippen molar-refractivity contribution in [1.29, 1.82) is 0 Å². The number of rotatable bonds is 5. The maximum atomic E-state index is 12.9. The minimum Gasteiger partial charge on any atom is -1.00 e. The summed E-state index contributed by atoms with van der Waals surface area (Å²) in [6.45, 7) is 1.37. The SMILES string of the molecule is Fc1ccc(-c2ccc(CNCc3cccnc3)o2)cc1.[Cl-]. The van der Waals surface area contributed by atoms with Crippen molar-refractivity contribution in [3.63, 3.8) is 0 Å². The van der Waals surface area contributed by atoms with Crippen molar-refractivity contribution in [3.8, 4) is 11.3 Å². The summed E-state index contributed by atoms with van der Waals surface area (Å²) in [6, 6.07) is 14.0. The van der Waals surface area contributed by atoms with E-state index in [0.717, 1.165) is 29.2 Å². The molecule has 3 rings (SSSR count). The molecule has 0 aliphatic rings. The first-order valence-electron chi connectivity index (χ1n) is 6.75. The molecule has 22 heavy (non-hydrogen) atoms. The maximum Gasteiger partial charge on any atom is 0.134 e. The Balaban J connectivity index is 0.00000176. The van der Waals surface area contributed by atoms with Crippen LogP contribution in [-0.4, -0.2) is 4.98 Å². The molecular formula is C17H15ClFN2O-. The predicted octanol–water partition coefficient (Wildman–Crippen LogP) is 0.774. The highest BCUT2D eigenvalue weighted by Gasteiger charge is 2.04. The molecule has 3 nitrogen and oxygen atoms in total. The van der Waals surface area contributed by atoms with Gasteiger partial charge in [-0.2, -0.15) is 0 Å². The molecule has 0 bridgehead atoms. The van der Waals surface area contributed by atoms with E-state index in [9.17, 15) is 4.39 Å². The predicted molar refractivity (Wildman–Crippen MR) is 78.9 cm³/mol. The fourth-order valence-electron chi connectivity index (χ4n) is 2.07. The molecule has 5 heteroatoms. The van der Waals surface area contributed by atoms with Gasteiger partial charge in [0.1, 0.15) is 17.3 Å². The van der Waals surface area contributed by atoms with E-state index in [0.29, 0.717) is 6.54 Å². The lowest BCUT2D eigenvalue weighted by Crippen LogP contribution is -3.00. The summed E-state index contributed by atoms with van der Waals surface area (Å²) in [5, 5.41) is 3.30. The van der Waals surface area contributed by atoms with Crippen LogP contribution in [0.4, 0.5) is 4.39 Å². The Bertz CT molecular complexity index is 698. The van der Waals surface area contributed by atoms with Crippen molar-refractivity contribution < 1.29 is 21.2 Å². The van der Waals surface area contributed by atoms with E-state index in [4.69, 9.17) is 4.42 Å². The van der Waals surface area contributed by atoms with Crippen LogP contribution < -0.4 is 17.7 Å². The van der Waals surface area contributed by atoms with E-state index < -0.39 is 0 Å². The minimum atomic E-state index is -0.247. The normalized spacial score (nSPS) is 10.2. The van der Waals surface area contributed by atoms with E-state index in [2.05, 4.69) is 10.3 Å².